The van der Waals surface area contributed by atoms with Gasteiger partial charge in [0.2, 0.25) is 5.91 Å². The SMILES string of the molecule is CCCCCCCCCCCCCCCCCCC(=O)OCCCCCCCCCCCCCC/C=C\CCCCCCCCCCCCC(=O)NC(CO)C(O)CCCCCCCCCCC. The molecule has 0 fully saturated rings. The zero-order valence-corrected chi connectivity index (χ0v) is 46.1. The molecule has 0 spiro atoms. The lowest BCUT2D eigenvalue weighted by Crippen LogP contribution is -2.45. The molecule has 0 aliphatic rings. The maximum Gasteiger partial charge on any atom is 0.305 e. The molecule has 0 aromatic carbocycles. The largest absolute Gasteiger partial charge is 0.466 e. The van der Waals surface area contributed by atoms with E-state index in [0.717, 1.165) is 38.5 Å². The second kappa shape index (κ2) is 58.2. The maximum absolute atomic E-state index is 12.4. The molecule has 0 radical (unpaired) electrons. The van der Waals surface area contributed by atoms with E-state index in [0.29, 0.717) is 25.9 Å². The van der Waals surface area contributed by atoms with Gasteiger partial charge >= 0.3 is 5.97 Å². The van der Waals surface area contributed by atoms with Crippen LogP contribution in [-0.2, 0) is 14.3 Å². The average Bonchev–Trinajstić information content (AvgIpc) is 3.34. The van der Waals surface area contributed by atoms with E-state index in [4.69, 9.17) is 4.74 Å². The molecule has 2 atom stereocenters. The number of aliphatic hydroxyl groups excluding tert-OH is 2. The summed E-state index contributed by atoms with van der Waals surface area (Å²) in [5, 5.41) is 23.1. The second-order valence-corrected chi connectivity index (χ2v) is 21.4. The number of allylic oxidation sites excluding steroid dienone is 2. The van der Waals surface area contributed by atoms with Gasteiger partial charge in [-0.05, 0) is 51.4 Å². The Balaban J connectivity index is 3.34. The Morgan fingerprint density at radius 2 is 0.691 bits per heavy atom. The van der Waals surface area contributed by atoms with Crippen LogP contribution in [0.3, 0.4) is 0 Å². The lowest BCUT2D eigenvalue weighted by molar-refractivity contribution is -0.143. The first-order valence-corrected chi connectivity index (χ1v) is 30.9. The summed E-state index contributed by atoms with van der Waals surface area (Å²) in [6.45, 7) is 4.96. The monoisotopic (exact) mass is 960 g/mol. The van der Waals surface area contributed by atoms with E-state index in [2.05, 4.69) is 31.3 Å². The molecule has 6 nitrogen and oxygen atoms in total. The van der Waals surface area contributed by atoms with Crippen molar-refractivity contribution in [2.75, 3.05) is 13.2 Å². The van der Waals surface area contributed by atoms with Gasteiger partial charge in [0.05, 0.1) is 25.4 Å². The molecule has 0 aliphatic carbocycles. The molecule has 0 aromatic heterocycles. The summed E-state index contributed by atoms with van der Waals surface area (Å²) in [5.74, 6) is -0.0197. The molecule has 0 rings (SSSR count). The summed E-state index contributed by atoms with van der Waals surface area (Å²) >= 11 is 0. The van der Waals surface area contributed by atoms with Crippen LogP contribution >= 0.6 is 0 Å². The van der Waals surface area contributed by atoms with Gasteiger partial charge in [0.25, 0.3) is 0 Å². The highest BCUT2D eigenvalue weighted by atomic mass is 16.5. The maximum atomic E-state index is 12.4. The van der Waals surface area contributed by atoms with Gasteiger partial charge < -0.3 is 20.3 Å². The minimum absolute atomic E-state index is 0.0182. The summed E-state index contributed by atoms with van der Waals surface area (Å²) in [4.78, 5) is 24.5. The van der Waals surface area contributed by atoms with Crippen LogP contribution in [0.2, 0.25) is 0 Å². The number of amides is 1. The molecule has 2 unspecified atom stereocenters. The van der Waals surface area contributed by atoms with Crippen molar-refractivity contribution >= 4 is 11.9 Å². The van der Waals surface area contributed by atoms with Crippen molar-refractivity contribution in [3.63, 3.8) is 0 Å². The van der Waals surface area contributed by atoms with Crippen LogP contribution in [0.1, 0.15) is 348 Å². The molecule has 0 heterocycles. The number of aliphatic hydroxyl groups is 2. The standard InChI is InChI=1S/C62H121NO5/c1-3-5-7-9-11-13-14-15-16-30-33-36-40-44-48-52-56-62(67)68-57-53-49-45-41-37-34-31-28-26-24-22-20-18-17-19-21-23-25-27-29-32-35-39-43-47-51-55-61(66)63-59(58-64)60(65)54-50-46-42-38-12-10-8-6-4-2/h17,19,59-60,64-65H,3-16,18,20-58H2,1-2H3,(H,63,66)/b19-17-. The predicted octanol–water partition coefficient (Wildman–Crippen LogP) is 19.2. The van der Waals surface area contributed by atoms with Crippen molar-refractivity contribution in [1.82, 2.24) is 5.32 Å². The number of nitrogens with one attached hydrogen (secondary N) is 1. The number of hydrogen-bond acceptors (Lipinski definition) is 5. The van der Waals surface area contributed by atoms with Gasteiger partial charge in [0.15, 0.2) is 0 Å². The van der Waals surface area contributed by atoms with Crippen molar-refractivity contribution < 1.29 is 24.5 Å². The Morgan fingerprint density at radius 1 is 0.397 bits per heavy atom. The summed E-state index contributed by atoms with van der Waals surface area (Å²) in [6, 6.07) is -0.540. The molecule has 0 aromatic rings. The van der Waals surface area contributed by atoms with Crippen molar-refractivity contribution in [2.24, 2.45) is 0 Å². The first kappa shape index (κ1) is 66.6. The first-order chi connectivity index (χ1) is 33.5. The zero-order chi connectivity index (χ0) is 49.3. The Morgan fingerprint density at radius 3 is 1.04 bits per heavy atom. The zero-order valence-electron chi connectivity index (χ0n) is 46.1. The van der Waals surface area contributed by atoms with E-state index < -0.39 is 12.1 Å². The van der Waals surface area contributed by atoms with Crippen molar-refractivity contribution in [1.29, 1.82) is 0 Å². The van der Waals surface area contributed by atoms with Gasteiger partial charge in [0, 0.05) is 12.8 Å². The average molecular weight is 961 g/mol. The summed E-state index contributed by atoms with van der Waals surface area (Å²) < 4.78 is 5.49. The molecule has 404 valence electrons. The minimum atomic E-state index is -0.662. The van der Waals surface area contributed by atoms with Crippen LogP contribution in [0.4, 0.5) is 0 Å². The molecule has 0 saturated heterocycles. The molecular weight excluding hydrogens is 839 g/mol. The fraction of sp³-hybridized carbons (Fsp3) is 0.935. The highest BCUT2D eigenvalue weighted by molar-refractivity contribution is 5.76. The third kappa shape index (κ3) is 53.9. The van der Waals surface area contributed by atoms with Crippen molar-refractivity contribution in [2.45, 2.75) is 360 Å². The lowest BCUT2D eigenvalue weighted by Gasteiger charge is -2.22. The summed E-state index contributed by atoms with van der Waals surface area (Å²) in [6.07, 6.45) is 69.5. The van der Waals surface area contributed by atoms with Crippen molar-refractivity contribution in [3.8, 4) is 0 Å². The Bertz CT molecular complexity index is 1020. The van der Waals surface area contributed by atoms with Crippen LogP contribution in [-0.4, -0.2) is 47.4 Å². The second-order valence-electron chi connectivity index (χ2n) is 21.4. The van der Waals surface area contributed by atoms with Gasteiger partial charge in [-0.15, -0.1) is 0 Å². The number of carbonyl (C=O) groups is 2. The van der Waals surface area contributed by atoms with Crippen LogP contribution in [0.25, 0.3) is 0 Å². The molecule has 68 heavy (non-hydrogen) atoms. The number of carbonyl (C=O) groups excluding carboxylic acids is 2. The third-order valence-electron chi connectivity index (χ3n) is 14.6. The minimum Gasteiger partial charge on any atom is -0.466 e. The molecule has 0 saturated carbocycles. The molecule has 3 N–H and O–H groups in total. The van der Waals surface area contributed by atoms with E-state index in [9.17, 15) is 19.8 Å². The molecule has 0 bridgehead atoms. The molecule has 1 amide bonds. The van der Waals surface area contributed by atoms with E-state index >= 15 is 0 Å². The van der Waals surface area contributed by atoms with Crippen molar-refractivity contribution in [3.05, 3.63) is 12.2 Å². The number of unbranched alkanes of at least 4 members (excludes halogenated alkanes) is 45. The fourth-order valence-electron chi connectivity index (χ4n) is 9.81. The van der Waals surface area contributed by atoms with Gasteiger partial charge in [-0.3, -0.25) is 9.59 Å². The Kier molecular flexibility index (Phi) is 57.0. The number of esters is 1. The molecule has 0 aliphatic heterocycles. The number of rotatable bonds is 58. The van der Waals surface area contributed by atoms with Crippen LogP contribution in [0, 0.1) is 0 Å². The Labute approximate surface area is 425 Å². The highest BCUT2D eigenvalue weighted by Gasteiger charge is 2.20. The van der Waals surface area contributed by atoms with Crippen LogP contribution in [0.5, 0.6) is 0 Å². The van der Waals surface area contributed by atoms with Crippen LogP contribution in [0.15, 0.2) is 12.2 Å². The molecular formula is C62H121NO5. The normalized spacial score (nSPS) is 12.6. The summed E-state index contributed by atoms with van der Waals surface area (Å²) in [5.41, 5.74) is 0. The van der Waals surface area contributed by atoms with Gasteiger partial charge in [-0.25, -0.2) is 0 Å². The van der Waals surface area contributed by atoms with E-state index in [-0.39, 0.29) is 18.5 Å². The predicted molar refractivity (Wildman–Crippen MR) is 297 cm³/mol. The number of hydrogen-bond donors (Lipinski definition) is 3. The highest BCUT2D eigenvalue weighted by Crippen LogP contribution is 2.18. The smallest absolute Gasteiger partial charge is 0.305 e. The van der Waals surface area contributed by atoms with Gasteiger partial charge in [-0.1, -0.05) is 296 Å². The van der Waals surface area contributed by atoms with E-state index in [1.54, 1.807) is 0 Å². The van der Waals surface area contributed by atoms with E-state index in [1.165, 1.54) is 276 Å². The first-order valence-electron chi connectivity index (χ1n) is 30.9. The number of ether oxygens (including phenoxy) is 1. The molecule has 6 heteroatoms. The third-order valence-corrected chi connectivity index (χ3v) is 14.6. The van der Waals surface area contributed by atoms with Gasteiger partial charge in [-0.2, -0.15) is 0 Å². The van der Waals surface area contributed by atoms with Gasteiger partial charge in [0.1, 0.15) is 0 Å². The van der Waals surface area contributed by atoms with E-state index in [1.807, 2.05) is 0 Å². The fourth-order valence-corrected chi connectivity index (χ4v) is 9.81. The topological polar surface area (TPSA) is 95.9 Å². The van der Waals surface area contributed by atoms with Crippen LogP contribution < -0.4 is 5.32 Å². The Hall–Kier alpha value is -1.40. The lowest BCUT2D eigenvalue weighted by atomic mass is 10.0. The quantitative estimate of drug-likeness (QED) is 0.0321. The summed E-state index contributed by atoms with van der Waals surface area (Å²) in [7, 11) is 0.